The SMILES string of the molecule is Cc1ccc(C(=O)Oc2ccccc2/C=N/NC(=O)C(=O)Nc2ccc(Br)cc2C)cc1. The Kier molecular flexibility index (Phi) is 7.51. The highest BCUT2D eigenvalue weighted by atomic mass is 79.9. The van der Waals surface area contributed by atoms with Gasteiger partial charge in [-0.05, 0) is 61.9 Å². The van der Waals surface area contributed by atoms with Crippen LogP contribution in [0.15, 0.2) is 76.3 Å². The van der Waals surface area contributed by atoms with Gasteiger partial charge in [0.1, 0.15) is 5.75 Å². The van der Waals surface area contributed by atoms with Crippen molar-refractivity contribution in [3.8, 4) is 5.75 Å². The van der Waals surface area contributed by atoms with E-state index in [-0.39, 0.29) is 5.75 Å². The van der Waals surface area contributed by atoms with E-state index in [0.717, 1.165) is 15.6 Å². The molecule has 162 valence electrons. The number of nitrogens with zero attached hydrogens (tertiary/aromatic N) is 1. The van der Waals surface area contributed by atoms with Gasteiger partial charge in [-0.3, -0.25) is 9.59 Å². The molecule has 0 spiro atoms. The predicted octanol–water partition coefficient (Wildman–Crippen LogP) is 4.37. The number of anilines is 1. The van der Waals surface area contributed by atoms with Crippen molar-refractivity contribution in [2.75, 3.05) is 5.32 Å². The Morgan fingerprint density at radius 3 is 2.38 bits per heavy atom. The van der Waals surface area contributed by atoms with Crippen LogP contribution in [0.1, 0.15) is 27.0 Å². The molecule has 3 aromatic carbocycles. The van der Waals surface area contributed by atoms with E-state index in [1.165, 1.54) is 6.21 Å². The van der Waals surface area contributed by atoms with Crippen LogP contribution in [0.3, 0.4) is 0 Å². The lowest BCUT2D eigenvalue weighted by Gasteiger charge is -2.08. The van der Waals surface area contributed by atoms with Crippen LogP contribution in [0.5, 0.6) is 5.75 Å². The number of esters is 1. The zero-order chi connectivity index (χ0) is 23.1. The number of ether oxygens (including phenoxy) is 1. The minimum Gasteiger partial charge on any atom is -0.422 e. The van der Waals surface area contributed by atoms with Gasteiger partial charge in [-0.2, -0.15) is 5.10 Å². The van der Waals surface area contributed by atoms with E-state index in [4.69, 9.17) is 4.74 Å². The summed E-state index contributed by atoms with van der Waals surface area (Å²) in [6.07, 6.45) is 1.30. The normalized spacial score (nSPS) is 10.6. The predicted molar refractivity (Wildman–Crippen MR) is 126 cm³/mol. The second kappa shape index (κ2) is 10.5. The fraction of sp³-hybridized carbons (Fsp3) is 0.0833. The van der Waals surface area contributed by atoms with E-state index >= 15 is 0 Å². The summed E-state index contributed by atoms with van der Waals surface area (Å²) in [6, 6.07) is 19.0. The van der Waals surface area contributed by atoms with Crippen LogP contribution in [0.2, 0.25) is 0 Å². The largest absolute Gasteiger partial charge is 0.422 e. The molecule has 0 aliphatic heterocycles. The van der Waals surface area contributed by atoms with Gasteiger partial charge in [0, 0.05) is 15.7 Å². The van der Waals surface area contributed by atoms with Gasteiger partial charge < -0.3 is 10.1 Å². The van der Waals surface area contributed by atoms with Gasteiger partial charge in [-0.15, -0.1) is 0 Å². The van der Waals surface area contributed by atoms with Gasteiger partial charge in [-0.25, -0.2) is 10.2 Å². The second-order valence-electron chi connectivity index (χ2n) is 6.91. The molecule has 32 heavy (non-hydrogen) atoms. The number of halogens is 1. The fourth-order valence-corrected chi connectivity index (χ4v) is 3.16. The molecule has 8 heteroatoms. The number of hydrogen-bond donors (Lipinski definition) is 2. The van der Waals surface area contributed by atoms with Crippen LogP contribution < -0.4 is 15.5 Å². The minimum atomic E-state index is -0.933. The van der Waals surface area contributed by atoms with Gasteiger partial charge in [-0.1, -0.05) is 45.8 Å². The molecule has 0 aromatic heterocycles. The molecule has 0 atom stereocenters. The maximum absolute atomic E-state index is 12.4. The van der Waals surface area contributed by atoms with Gasteiger partial charge in [0.25, 0.3) is 0 Å². The molecule has 7 nitrogen and oxygen atoms in total. The van der Waals surface area contributed by atoms with Gasteiger partial charge >= 0.3 is 17.8 Å². The maximum Gasteiger partial charge on any atom is 0.343 e. The number of hydrogen-bond acceptors (Lipinski definition) is 5. The van der Waals surface area contributed by atoms with Crippen LogP contribution in [0.25, 0.3) is 0 Å². The van der Waals surface area contributed by atoms with Crippen LogP contribution >= 0.6 is 15.9 Å². The number of hydrazone groups is 1. The van der Waals surface area contributed by atoms with E-state index in [1.807, 2.05) is 32.0 Å². The van der Waals surface area contributed by atoms with Crippen molar-refractivity contribution in [1.29, 1.82) is 0 Å². The third kappa shape index (κ3) is 6.12. The molecule has 2 amide bonds. The smallest absolute Gasteiger partial charge is 0.343 e. The molecule has 0 unspecified atom stereocenters. The molecule has 2 N–H and O–H groups in total. The average Bonchev–Trinajstić information content (AvgIpc) is 2.77. The Bertz CT molecular complexity index is 1190. The highest BCUT2D eigenvalue weighted by Gasteiger charge is 2.14. The first-order valence-corrected chi connectivity index (χ1v) is 10.4. The van der Waals surface area contributed by atoms with Crippen LogP contribution in [0, 0.1) is 13.8 Å². The number of rotatable bonds is 5. The monoisotopic (exact) mass is 493 g/mol. The summed E-state index contributed by atoms with van der Waals surface area (Å²) in [5, 5.41) is 6.34. The first kappa shape index (κ1) is 22.9. The Morgan fingerprint density at radius 2 is 1.66 bits per heavy atom. The lowest BCUT2D eigenvalue weighted by molar-refractivity contribution is -0.136. The van der Waals surface area contributed by atoms with Crippen molar-refractivity contribution in [2.24, 2.45) is 5.10 Å². The fourth-order valence-electron chi connectivity index (χ4n) is 2.69. The lowest BCUT2D eigenvalue weighted by atomic mass is 10.1. The topological polar surface area (TPSA) is 96.9 Å². The molecule has 3 aromatic rings. The van der Waals surface area contributed by atoms with Gasteiger partial charge in [0.15, 0.2) is 0 Å². The Balaban J connectivity index is 1.62. The zero-order valence-electron chi connectivity index (χ0n) is 17.4. The van der Waals surface area contributed by atoms with E-state index in [1.54, 1.807) is 48.5 Å². The van der Waals surface area contributed by atoms with E-state index in [2.05, 4.69) is 31.8 Å². The van der Waals surface area contributed by atoms with Crippen molar-refractivity contribution >= 4 is 45.6 Å². The number of amides is 2. The molecule has 0 saturated heterocycles. The molecule has 0 aliphatic carbocycles. The molecule has 0 aliphatic rings. The second-order valence-corrected chi connectivity index (χ2v) is 7.82. The van der Waals surface area contributed by atoms with E-state index < -0.39 is 17.8 Å². The van der Waals surface area contributed by atoms with E-state index in [9.17, 15) is 14.4 Å². The number of nitrogens with one attached hydrogen (secondary N) is 2. The Hall–Kier alpha value is -3.78. The minimum absolute atomic E-state index is 0.269. The zero-order valence-corrected chi connectivity index (χ0v) is 19.0. The van der Waals surface area contributed by atoms with Crippen molar-refractivity contribution in [1.82, 2.24) is 5.43 Å². The Labute approximate surface area is 193 Å². The average molecular weight is 494 g/mol. The molecule has 0 heterocycles. The van der Waals surface area contributed by atoms with Crippen LogP contribution in [0.4, 0.5) is 5.69 Å². The lowest BCUT2D eigenvalue weighted by Crippen LogP contribution is -2.32. The van der Waals surface area contributed by atoms with Crippen LogP contribution in [-0.4, -0.2) is 24.0 Å². The summed E-state index contributed by atoms with van der Waals surface area (Å²) in [7, 11) is 0. The molecular formula is C24H20BrN3O4. The number of para-hydroxylation sites is 1. The van der Waals surface area contributed by atoms with Gasteiger partial charge in [0.05, 0.1) is 11.8 Å². The number of carbonyl (C=O) groups excluding carboxylic acids is 3. The molecular weight excluding hydrogens is 474 g/mol. The molecule has 0 bridgehead atoms. The van der Waals surface area contributed by atoms with E-state index in [0.29, 0.717) is 16.8 Å². The summed E-state index contributed by atoms with van der Waals surface area (Å²) in [6.45, 7) is 3.74. The highest BCUT2D eigenvalue weighted by Crippen LogP contribution is 2.20. The summed E-state index contributed by atoms with van der Waals surface area (Å²) in [4.78, 5) is 36.5. The van der Waals surface area contributed by atoms with Crippen molar-refractivity contribution in [2.45, 2.75) is 13.8 Å². The summed E-state index contributed by atoms with van der Waals surface area (Å²) in [5.74, 6) is -2.03. The highest BCUT2D eigenvalue weighted by molar-refractivity contribution is 9.10. The quantitative estimate of drug-likeness (QED) is 0.181. The number of carbonyl (C=O) groups is 3. The summed E-state index contributed by atoms with van der Waals surface area (Å²) >= 11 is 3.34. The third-order valence-electron chi connectivity index (χ3n) is 4.42. The molecule has 3 rings (SSSR count). The van der Waals surface area contributed by atoms with Crippen molar-refractivity contribution in [3.63, 3.8) is 0 Å². The molecule has 0 saturated carbocycles. The third-order valence-corrected chi connectivity index (χ3v) is 4.91. The van der Waals surface area contributed by atoms with Crippen molar-refractivity contribution < 1.29 is 19.1 Å². The number of benzene rings is 3. The maximum atomic E-state index is 12.4. The molecule has 0 radical (unpaired) electrons. The molecule has 0 fully saturated rings. The van der Waals surface area contributed by atoms with Gasteiger partial charge in [0.2, 0.25) is 0 Å². The standard InChI is InChI=1S/C24H20BrN3O4/c1-15-7-9-17(10-8-15)24(31)32-21-6-4-3-5-18(21)14-26-28-23(30)22(29)27-20-12-11-19(25)13-16(20)2/h3-14H,1-2H3,(H,27,29)(H,28,30)/b26-14+. The Morgan fingerprint density at radius 1 is 0.938 bits per heavy atom. The van der Waals surface area contributed by atoms with Crippen LogP contribution in [-0.2, 0) is 9.59 Å². The summed E-state index contributed by atoms with van der Waals surface area (Å²) in [5.41, 5.74) is 5.39. The number of aryl methyl sites for hydroxylation is 2. The first-order chi connectivity index (χ1) is 15.3. The first-order valence-electron chi connectivity index (χ1n) is 9.62. The van der Waals surface area contributed by atoms with Crippen molar-refractivity contribution in [3.05, 3.63) is 93.5 Å². The summed E-state index contributed by atoms with van der Waals surface area (Å²) < 4.78 is 6.32.